The predicted octanol–water partition coefficient (Wildman–Crippen LogP) is 2.36. The van der Waals surface area contributed by atoms with Gasteiger partial charge in [0.1, 0.15) is 5.75 Å². The van der Waals surface area contributed by atoms with E-state index in [1.807, 2.05) is 0 Å². The van der Waals surface area contributed by atoms with Gasteiger partial charge >= 0.3 is 0 Å². The maximum atomic E-state index is 11.6. The summed E-state index contributed by atoms with van der Waals surface area (Å²) in [7, 11) is -1.86. The average Bonchev–Trinajstić information content (AvgIpc) is 2.17. The molecule has 0 amide bonds. The maximum Gasteiger partial charge on any atom is 0.179 e. The van der Waals surface area contributed by atoms with E-state index in [4.69, 9.17) is 27.9 Å². The van der Waals surface area contributed by atoms with Gasteiger partial charge in [-0.3, -0.25) is 0 Å². The topological polar surface area (TPSA) is 43.4 Å². The van der Waals surface area contributed by atoms with Crippen molar-refractivity contribution in [2.24, 2.45) is 0 Å². The highest BCUT2D eigenvalue weighted by molar-refractivity contribution is 7.91. The number of hydrogen-bond donors (Lipinski definition) is 0. The van der Waals surface area contributed by atoms with Crippen LogP contribution in [-0.4, -0.2) is 27.2 Å². The molecule has 0 fully saturated rings. The van der Waals surface area contributed by atoms with Crippen molar-refractivity contribution in [3.63, 3.8) is 0 Å². The fourth-order valence-electron chi connectivity index (χ4n) is 1.06. The largest absolute Gasteiger partial charge is 0.495 e. The molecular weight excluding hydrogens is 259 g/mol. The van der Waals surface area contributed by atoms with Gasteiger partial charge in [-0.05, 0) is 18.2 Å². The first kappa shape index (κ1) is 12.6. The second-order valence-corrected chi connectivity index (χ2v) is 5.70. The second kappa shape index (κ2) is 5.05. The minimum absolute atomic E-state index is 0.0615. The van der Waals surface area contributed by atoms with Crippen molar-refractivity contribution >= 4 is 33.0 Å². The Balaban J connectivity index is 3.13. The first-order valence-electron chi connectivity index (χ1n) is 4.13. The van der Waals surface area contributed by atoms with Crippen LogP contribution in [-0.2, 0) is 9.84 Å². The molecule has 84 valence electrons. The molecule has 0 aliphatic rings. The van der Waals surface area contributed by atoms with Crippen LogP contribution in [0.5, 0.6) is 5.75 Å². The number of benzene rings is 1. The number of methoxy groups -OCH3 is 1. The van der Waals surface area contributed by atoms with Crippen LogP contribution in [0.25, 0.3) is 0 Å². The van der Waals surface area contributed by atoms with Gasteiger partial charge in [-0.2, -0.15) is 0 Å². The van der Waals surface area contributed by atoms with E-state index in [9.17, 15) is 8.42 Å². The molecule has 0 spiro atoms. The molecule has 0 saturated heterocycles. The smallest absolute Gasteiger partial charge is 0.179 e. The van der Waals surface area contributed by atoms with E-state index in [-0.39, 0.29) is 21.6 Å². The van der Waals surface area contributed by atoms with Crippen molar-refractivity contribution in [2.75, 3.05) is 18.7 Å². The summed E-state index contributed by atoms with van der Waals surface area (Å²) in [6.07, 6.45) is 0. The minimum Gasteiger partial charge on any atom is -0.495 e. The van der Waals surface area contributed by atoms with Crippen LogP contribution in [0.4, 0.5) is 0 Å². The summed E-state index contributed by atoms with van der Waals surface area (Å²) in [6, 6.07) is 4.33. The van der Waals surface area contributed by atoms with E-state index in [0.717, 1.165) is 0 Å². The first-order valence-corrected chi connectivity index (χ1v) is 6.70. The SMILES string of the molecule is COc1ccc(S(=O)(=O)CCCl)cc1Cl. The highest BCUT2D eigenvalue weighted by Crippen LogP contribution is 2.27. The van der Waals surface area contributed by atoms with E-state index < -0.39 is 9.84 Å². The van der Waals surface area contributed by atoms with E-state index in [1.54, 1.807) is 0 Å². The molecule has 3 nitrogen and oxygen atoms in total. The molecule has 0 N–H and O–H groups in total. The molecular formula is C9H10Cl2O3S. The molecule has 0 atom stereocenters. The number of sulfone groups is 1. The average molecular weight is 269 g/mol. The van der Waals surface area contributed by atoms with Crippen LogP contribution in [0.15, 0.2) is 23.1 Å². The third kappa shape index (κ3) is 3.00. The van der Waals surface area contributed by atoms with Gasteiger partial charge in [0.25, 0.3) is 0 Å². The van der Waals surface area contributed by atoms with Crippen LogP contribution in [0.3, 0.4) is 0 Å². The Kier molecular flexibility index (Phi) is 4.25. The Bertz CT molecular complexity index is 443. The molecule has 6 heteroatoms. The van der Waals surface area contributed by atoms with E-state index in [0.29, 0.717) is 5.75 Å². The van der Waals surface area contributed by atoms with Gasteiger partial charge in [0, 0.05) is 5.88 Å². The van der Waals surface area contributed by atoms with Crippen molar-refractivity contribution < 1.29 is 13.2 Å². The van der Waals surface area contributed by atoms with Crippen molar-refractivity contribution in [1.82, 2.24) is 0 Å². The van der Waals surface area contributed by atoms with Crippen LogP contribution < -0.4 is 4.74 Å². The van der Waals surface area contributed by atoms with Crippen molar-refractivity contribution in [1.29, 1.82) is 0 Å². The van der Waals surface area contributed by atoms with Crippen LogP contribution in [0.2, 0.25) is 5.02 Å². The molecule has 0 aliphatic heterocycles. The lowest BCUT2D eigenvalue weighted by atomic mass is 10.3. The molecule has 0 bridgehead atoms. The summed E-state index contributed by atoms with van der Waals surface area (Å²) in [6.45, 7) is 0. The molecule has 0 aliphatic carbocycles. The van der Waals surface area contributed by atoms with Crippen molar-refractivity contribution in [3.8, 4) is 5.75 Å². The molecule has 1 aromatic carbocycles. The van der Waals surface area contributed by atoms with Crippen LogP contribution in [0.1, 0.15) is 0 Å². The zero-order chi connectivity index (χ0) is 11.5. The first-order chi connectivity index (χ1) is 7.01. The quantitative estimate of drug-likeness (QED) is 0.788. The summed E-state index contributed by atoms with van der Waals surface area (Å²) in [5.74, 6) is 0.407. The number of alkyl halides is 1. The molecule has 0 saturated carbocycles. The van der Waals surface area contributed by atoms with Gasteiger partial charge in [-0.1, -0.05) is 11.6 Å². The Hall–Kier alpha value is -0.450. The van der Waals surface area contributed by atoms with Gasteiger partial charge in [-0.25, -0.2) is 8.42 Å². The number of rotatable bonds is 4. The lowest BCUT2D eigenvalue weighted by molar-refractivity contribution is 0.414. The molecule has 1 aromatic rings. The predicted molar refractivity (Wildman–Crippen MR) is 60.8 cm³/mol. The van der Waals surface area contributed by atoms with E-state index in [2.05, 4.69) is 0 Å². The minimum atomic E-state index is -3.33. The molecule has 1 rings (SSSR count). The van der Waals surface area contributed by atoms with E-state index in [1.165, 1.54) is 25.3 Å². The van der Waals surface area contributed by atoms with E-state index >= 15 is 0 Å². The lowest BCUT2D eigenvalue weighted by Crippen LogP contribution is -2.07. The fourth-order valence-corrected chi connectivity index (χ4v) is 3.00. The Morgan fingerprint density at radius 3 is 2.53 bits per heavy atom. The lowest BCUT2D eigenvalue weighted by Gasteiger charge is -2.06. The van der Waals surface area contributed by atoms with Gasteiger partial charge in [0.2, 0.25) is 0 Å². The Morgan fingerprint density at radius 2 is 2.07 bits per heavy atom. The Labute approximate surface area is 98.9 Å². The third-order valence-corrected chi connectivity index (χ3v) is 4.25. The number of ether oxygens (including phenoxy) is 1. The fraction of sp³-hybridized carbons (Fsp3) is 0.333. The second-order valence-electron chi connectivity index (χ2n) is 2.80. The monoisotopic (exact) mass is 268 g/mol. The van der Waals surface area contributed by atoms with Crippen LogP contribution in [0, 0.1) is 0 Å². The summed E-state index contributed by atoms with van der Waals surface area (Å²) in [5, 5.41) is 0.271. The standard InChI is InChI=1S/C9H10Cl2O3S/c1-14-9-3-2-7(6-8(9)11)15(12,13)5-4-10/h2-3,6H,4-5H2,1H3. The normalized spacial score (nSPS) is 11.4. The highest BCUT2D eigenvalue weighted by Gasteiger charge is 2.15. The number of hydrogen-bond acceptors (Lipinski definition) is 3. The van der Waals surface area contributed by atoms with Gasteiger partial charge in [0.15, 0.2) is 9.84 Å². The summed E-state index contributed by atoms with van der Waals surface area (Å²) >= 11 is 11.2. The maximum absolute atomic E-state index is 11.6. The van der Waals surface area contributed by atoms with Gasteiger partial charge in [-0.15, -0.1) is 11.6 Å². The molecule has 15 heavy (non-hydrogen) atoms. The van der Waals surface area contributed by atoms with Gasteiger partial charge < -0.3 is 4.74 Å². The zero-order valence-corrected chi connectivity index (χ0v) is 10.4. The van der Waals surface area contributed by atoms with Crippen LogP contribution >= 0.6 is 23.2 Å². The highest BCUT2D eigenvalue weighted by atomic mass is 35.5. The summed E-state index contributed by atoms with van der Waals surface area (Å²) in [4.78, 5) is 0.161. The Morgan fingerprint density at radius 1 is 1.40 bits per heavy atom. The number of halogens is 2. The summed E-state index contributed by atoms with van der Waals surface area (Å²) in [5.41, 5.74) is 0. The zero-order valence-electron chi connectivity index (χ0n) is 8.04. The van der Waals surface area contributed by atoms with Crippen molar-refractivity contribution in [2.45, 2.75) is 4.90 Å². The molecule has 0 aromatic heterocycles. The third-order valence-electron chi connectivity index (χ3n) is 1.83. The van der Waals surface area contributed by atoms with Gasteiger partial charge in [0.05, 0.1) is 22.8 Å². The molecule has 0 unspecified atom stereocenters. The molecule has 0 radical (unpaired) electrons. The summed E-state index contributed by atoms with van der Waals surface area (Å²) < 4.78 is 28.1. The molecule has 0 heterocycles. The van der Waals surface area contributed by atoms with Crippen molar-refractivity contribution in [3.05, 3.63) is 23.2 Å².